The lowest BCUT2D eigenvalue weighted by Crippen LogP contribution is -2.36. The van der Waals surface area contributed by atoms with Crippen LogP contribution in [-0.2, 0) is 4.79 Å². The number of nitrogens with one attached hydrogen (secondary N) is 1. The van der Waals surface area contributed by atoms with E-state index < -0.39 is 11.7 Å². The molecule has 0 saturated heterocycles. The lowest BCUT2D eigenvalue weighted by molar-refractivity contribution is -0.119. The van der Waals surface area contributed by atoms with E-state index in [1.165, 1.54) is 6.20 Å². The molecule has 2 aromatic carbocycles. The highest BCUT2D eigenvalue weighted by Gasteiger charge is 2.22. The molecular formula is C22H24N4O2. The highest BCUT2D eigenvalue weighted by molar-refractivity contribution is 5.94. The first-order valence-corrected chi connectivity index (χ1v) is 9.30. The second kappa shape index (κ2) is 8.17. The lowest BCUT2D eigenvalue weighted by Gasteiger charge is -2.18. The standard InChI is InChI=1S/C22H24N4O2/c1-5-20(21(27)24-18-8-6-7-15(3)16(18)4)26-22(28)25-19(13-23-26)17-11-9-14(2)10-12-17/h6-13,20H,5H2,1-4H3,(H,24,27)/t20-/m0/s1. The molecule has 0 aliphatic heterocycles. The molecule has 0 fully saturated rings. The molecule has 3 rings (SSSR count). The molecule has 0 unspecified atom stereocenters. The number of hydrogen-bond acceptors (Lipinski definition) is 4. The Morgan fingerprint density at radius 2 is 1.82 bits per heavy atom. The van der Waals surface area contributed by atoms with Crippen LogP contribution in [0.3, 0.4) is 0 Å². The van der Waals surface area contributed by atoms with E-state index in [0.29, 0.717) is 12.1 Å². The average Bonchev–Trinajstić information content (AvgIpc) is 2.68. The Kier molecular flexibility index (Phi) is 5.68. The SMILES string of the molecule is CC[C@@H](C(=O)Nc1cccc(C)c1C)n1ncc(-c2ccc(C)cc2)nc1=O. The molecule has 28 heavy (non-hydrogen) atoms. The summed E-state index contributed by atoms with van der Waals surface area (Å²) >= 11 is 0. The summed E-state index contributed by atoms with van der Waals surface area (Å²) in [4.78, 5) is 29.5. The topological polar surface area (TPSA) is 76.9 Å². The number of nitrogens with zero attached hydrogens (tertiary/aromatic N) is 3. The van der Waals surface area contributed by atoms with Crippen LogP contribution in [0, 0.1) is 20.8 Å². The number of rotatable bonds is 5. The zero-order valence-corrected chi connectivity index (χ0v) is 16.6. The summed E-state index contributed by atoms with van der Waals surface area (Å²) in [5.41, 5.74) is 4.71. The summed E-state index contributed by atoms with van der Waals surface area (Å²) in [5.74, 6) is -0.282. The number of aryl methyl sites for hydroxylation is 2. The van der Waals surface area contributed by atoms with Gasteiger partial charge in [0.05, 0.1) is 11.9 Å². The number of carbonyl (C=O) groups excluding carboxylic acids is 1. The summed E-state index contributed by atoms with van der Waals surface area (Å²) < 4.78 is 1.15. The van der Waals surface area contributed by atoms with Gasteiger partial charge in [0, 0.05) is 11.3 Å². The van der Waals surface area contributed by atoms with Crippen LogP contribution >= 0.6 is 0 Å². The van der Waals surface area contributed by atoms with Crippen LogP contribution in [0.2, 0.25) is 0 Å². The Hall–Kier alpha value is -3.28. The van der Waals surface area contributed by atoms with Crippen molar-refractivity contribution in [3.63, 3.8) is 0 Å². The fourth-order valence-corrected chi connectivity index (χ4v) is 3.00. The normalized spacial score (nSPS) is 11.9. The second-order valence-corrected chi connectivity index (χ2v) is 6.90. The van der Waals surface area contributed by atoms with Crippen LogP contribution in [0.5, 0.6) is 0 Å². The average molecular weight is 376 g/mol. The van der Waals surface area contributed by atoms with Gasteiger partial charge in [-0.2, -0.15) is 10.1 Å². The van der Waals surface area contributed by atoms with Gasteiger partial charge in [0.25, 0.3) is 0 Å². The van der Waals surface area contributed by atoms with Gasteiger partial charge < -0.3 is 5.32 Å². The smallest absolute Gasteiger partial charge is 0.324 e. The van der Waals surface area contributed by atoms with Crippen molar-refractivity contribution in [2.45, 2.75) is 40.2 Å². The Bertz CT molecular complexity index is 1050. The molecule has 0 spiro atoms. The van der Waals surface area contributed by atoms with E-state index in [2.05, 4.69) is 15.4 Å². The van der Waals surface area contributed by atoms with Crippen LogP contribution in [0.25, 0.3) is 11.3 Å². The van der Waals surface area contributed by atoms with Gasteiger partial charge in [-0.25, -0.2) is 9.48 Å². The fraction of sp³-hybridized carbons (Fsp3) is 0.273. The molecule has 144 valence electrons. The fourth-order valence-electron chi connectivity index (χ4n) is 3.00. The first-order chi connectivity index (χ1) is 13.4. The van der Waals surface area contributed by atoms with Gasteiger partial charge >= 0.3 is 5.69 Å². The predicted octanol–water partition coefficient (Wildman–Crippen LogP) is 3.82. The molecule has 6 heteroatoms. The maximum Gasteiger partial charge on any atom is 0.365 e. The molecule has 1 aromatic heterocycles. The van der Waals surface area contributed by atoms with Gasteiger partial charge in [-0.05, 0) is 44.4 Å². The predicted molar refractivity (Wildman–Crippen MR) is 110 cm³/mol. The van der Waals surface area contributed by atoms with Crippen molar-refractivity contribution in [2.24, 2.45) is 0 Å². The van der Waals surface area contributed by atoms with Crippen LogP contribution in [0.15, 0.2) is 53.5 Å². The molecule has 6 nitrogen and oxygen atoms in total. The Morgan fingerprint density at radius 3 is 2.46 bits per heavy atom. The Labute approximate surface area is 164 Å². The molecule has 0 aliphatic rings. The summed E-state index contributed by atoms with van der Waals surface area (Å²) in [6.07, 6.45) is 1.95. The summed E-state index contributed by atoms with van der Waals surface area (Å²) in [6.45, 7) is 7.78. The minimum absolute atomic E-state index is 0.282. The number of amides is 1. The quantitative estimate of drug-likeness (QED) is 0.734. The zero-order valence-electron chi connectivity index (χ0n) is 16.6. The molecule has 1 amide bonds. The Morgan fingerprint density at radius 1 is 1.11 bits per heavy atom. The van der Waals surface area contributed by atoms with Crippen molar-refractivity contribution >= 4 is 11.6 Å². The van der Waals surface area contributed by atoms with Gasteiger partial charge in [-0.1, -0.05) is 48.9 Å². The highest BCUT2D eigenvalue weighted by atomic mass is 16.2. The molecule has 0 radical (unpaired) electrons. The lowest BCUT2D eigenvalue weighted by atomic mass is 10.1. The third-order valence-electron chi connectivity index (χ3n) is 4.91. The molecule has 0 bridgehead atoms. The largest absolute Gasteiger partial charge is 0.365 e. The van der Waals surface area contributed by atoms with E-state index in [0.717, 1.165) is 32.6 Å². The van der Waals surface area contributed by atoms with Crippen molar-refractivity contribution < 1.29 is 4.79 Å². The number of carbonyl (C=O) groups is 1. The van der Waals surface area contributed by atoms with E-state index >= 15 is 0 Å². The number of benzene rings is 2. The minimum atomic E-state index is -0.730. The Balaban J connectivity index is 1.87. The highest BCUT2D eigenvalue weighted by Crippen LogP contribution is 2.20. The van der Waals surface area contributed by atoms with Crippen molar-refractivity contribution in [2.75, 3.05) is 5.32 Å². The van der Waals surface area contributed by atoms with Crippen LogP contribution < -0.4 is 11.0 Å². The van der Waals surface area contributed by atoms with Gasteiger partial charge in [0.15, 0.2) is 0 Å². The monoisotopic (exact) mass is 376 g/mol. The molecule has 0 aliphatic carbocycles. The van der Waals surface area contributed by atoms with Gasteiger partial charge in [-0.3, -0.25) is 4.79 Å². The van der Waals surface area contributed by atoms with Crippen LogP contribution in [0.1, 0.15) is 36.1 Å². The van der Waals surface area contributed by atoms with E-state index in [-0.39, 0.29) is 5.91 Å². The first-order valence-electron chi connectivity index (χ1n) is 9.30. The zero-order chi connectivity index (χ0) is 20.3. The molecule has 0 saturated carbocycles. The summed E-state index contributed by atoms with van der Waals surface area (Å²) in [6, 6.07) is 12.7. The number of anilines is 1. The molecule has 3 aromatic rings. The molecular weight excluding hydrogens is 352 g/mol. The molecule has 1 heterocycles. The third kappa shape index (κ3) is 4.01. The van der Waals surface area contributed by atoms with E-state index in [1.54, 1.807) is 0 Å². The molecule has 1 N–H and O–H groups in total. The van der Waals surface area contributed by atoms with E-state index in [1.807, 2.05) is 70.2 Å². The van der Waals surface area contributed by atoms with Crippen molar-refractivity contribution in [1.82, 2.24) is 14.8 Å². The van der Waals surface area contributed by atoms with Crippen molar-refractivity contribution in [3.05, 3.63) is 75.8 Å². The molecule has 1 atom stereocenters. The van der Waals surface area contributed by atoms with E-state index in [9.17, 15) is 9.59 Å². The third-order valence-corrected chi connectivity index (χ3v) is 4.91. The first kappa shape index (κ1) is 19.5. The minimum Gasteiger partial charge on any atom is -0.324 e. The van der Waals surface area contributed by atoms with Gasteiger partial charge in [0.2, 0.25) is 5.91 Å². The number of hydrogen-bond donors (Lipinski definition) is 1. The summed E-state index contributed by atoms with van der Waals surface area (Å²) in [7, 11) is 0. The van der Waals surface area contributed by atoms with Gasteiger partial charge in [-0.15, -0.1) is 0 Å². The summed E-state index contributed by atoms with van der Waals surface area (Å²) in [5, 5.41) is 7.15. The van der Waals surface area contributed by atoms with Crippen LogP contribution in [0.4, 0.5) is 5.69 Å². The van der Waals surface area contributed by atoms with Gasteiger partial charge in [0.1, 0.15) is 6.04 Å². The second-order valence-electron chi connectivity index (χ2n) is 6.90. The van der Waals surface area contributed by atoms with Crippen molar-refractivity contribution in [1.29, 1.82) is 0 Å². The van der Waals surface area contributed by atoms with E-state index in [4.69, 9.17) is 0 Å². The van der Waals surface area contributed by atoms with Crippen LogP contribution in [-0.4, -0.2) is 20.7 Å². The number of aromatic nitrogens is 3. The van der Waals surface area contributed by atoms with Crippen molar-refractivity contribution in [3.8, 4) is 11.3 Å². The maximum atomic E-state index is 12.8. The maximum absolute atomic E-state index is 12.8.